The van der Waals surface area contributed by atoms with E-state index in [1.807, 2.05) is 0 Å². The van der Waals surface area contributed by atoms with Gasteiger partial charge in [0, 0.05) is 12.2 Å². The van der Waals surface area contributed by atoms with Crippen molar-refractivity contribution in [2.45, 2.75) is 18.6 Å². The third-order valence-corrected chi connectivity index (χ3v) is 5.11. The summed E-state index contributed by atoms with van der Waals surface area (Å²) < 4.78 is 32.9. The highest BCUT2D eigenvalue weighted by Gasteiger charge is 2.29. The second-order valence-electron chi connectivity index (χ2n) is 5.66. The summed E-state index contributed by atoms with van der Waals surface area (Å²) in [6, 6.07) is 5.94. The molecule has 2 aromatic rings. The van der Waals surface area contributed by atoms with E-state index in [-0.39, 0.29) is 23.5 Å². The van der Waals surface area contributed by atoms with E-state index in [1.54, 1.807) is 19.1 Å². The first kappa shape index (κ1) is 18.2. The monoisotopic (exact) mass is 376 g/mol. The molecule has 2 heterocycles. The van der Waals surface area contributed by atoms with Crippen molar-refractivity contribution >= 4 is 39.9 Å². The summed E-state index contributed by atoms with van der Waals surface area (Å²) in [5.74, 6) is -0.592. The minimum Gasteiger partial charge on any atom is -0.423 e. The Morgan fingerprint density at radius 3 is 2.92 bits per heavy atom. The van der Waals surface area contributed by atoms with Crippen molar-refractivity contribution in [1.82, 2.24) is 10.3 Å². The molecular formula is C15H17BN4O5S. The molecule has 1 aromatic heterocycles. The molecule has 0 saturated heterocycles. The van der Waals surface area contributed by atoms with Crippen LogP contribution < -0.4 is 21.2 Å². The van der Waals surface area contributed by atoms with Crippen molar-refractivity contribution in [3.05, 3.63) is 41.6 Å². The number of carbonyl (C=O) groups excluding carboxylic acids is 1. The lowest BCUT2D eigenvalue weighted by molar-refractivity contribution is 0.0952. The molecule has 136 valence electrons. The molecule has 0 unspecified atom stereocenters. The molecule has 0 saturated carbocycles. The number of nitrogens with two attached hydrogens (primary N) is 1. The van der Waals surface area contributed by atoms with E-state index in [2.05, 4.69) is 15.0 Å². The van der Waals surface area contributed by atoms with Crippen LogP contribution in [0.15, 0.2) is 35.5 Å². The van der Waals surface area contributed by atoms with Gasteiger partial charge in [0.15, 0.2) is 5.03 Å². The SMILES string of the molecule is CCNC(=O)c1cc(N)cnc1S(=O)(=O)Nc1ccc2c(c1)B(O)OC2. The van der Waals surface area contributed by atoms with Crippen molar-refractivity contribution in [1.29, 1.82) is 0 Å². The molecule has 0 atom stereocenters. The van der Waals surface area contributed by atoms with Gasteiger partial charge in [-0.25, -0.2) is 4.98 Å². The van der Waals surface area contributed by atoms with Gasteiger partial charge in [-0.05, 0) is 36.1 Å². The number of anilines is 2. The normalized spacial score (nSPS) is 13.4. The molecule has 0 fully saturated rings. The number of nitrogens with zero attached hydrogens (tertiary/aromatic N) is 1. The highest BCUT2D eigenvalue weighted by atomic mass is 32.2. The highest BCUT2D eigenvalue weighted by molar-refractivity contribution is 7.92. The van der Waals surface area contributed by atoms with E-state index < -0.39 is 28.1 Å². The molecule has 0 spiro atoms. The largest absolute Gasteiger partial charge is 0.491 e. The predicted octanol–water partition coefficient (Wildman–Crippen LogP) is -0.568. The third kappa shape index (κ3) is 3.50. The van der Waals surface area contributed by atoms with Crippen LogP contribution in [0.25, 0.3) is 0 Å². The third-order valence-electron chi connectivity index (χ3n) is 3.77. The lowest BCUT2D eigenvalue weighted by atomic mass is 9.79. The highest BCUT2D eigenvalue weighted by Crippen LogP contribution is 2.21. The van der Waals surface area contributed by atoms with Gasteiger partial charge in [-0.15, -0.1) is 0 Å². The van der Waals surface area contributed by atoms with Gasteiger partial charge in [-0.1, -0.05) is 6.07 Å². The Labute approximate surface area is 150 Å². The summed E-state index contributed by atoms with van der Waals surface area (Å²) in [4.78, 5) is 16.0. The van der Waals surface area contributed by atoms with E-state index in [1.165, 1.54) is 12.1 Å². The Morgan fingerprint density at radius 2 is 2.19 bits per heavy atom. The first-order valence-corrected chi connectivity index (χ1v) is 9.29. The average Bonchev–Trinajstić information content (AvgIpc) is 2.95. The summed E-state index contributed by atoms with van der Waals surface area (Å²) in [6.45, 7) is 2.29. The number of pyridine rings is 1. The van der Waals surface area contributed by atoms with E-state index in [0.717, 1.165) is 11.8 Å². The summed E-state index contributed by atoms with van der Waals surface area (Å²) in [6.07, 6.45) is 1.16. The lowest BCUT2D eigenvalue weighted by Gasteiger charge is -2.12. The van der Waals surface area contributed by atoms with Crippen molar-refractivity contribution < 1.29 is 22.9 Å². The fourth-order valence-corrected chi connectivity index (χ4v) is 3.75. The number of hydrogen-bond donors (Lipinski definition) is 4. The molecule has 11 heteroatoms. The summed E-state index contributed by atoms with van der Waals surface area (Å²) in [5.41, 5.74) is 7.13. The summed E-state index contributed by atoms with van der Waals surface area (Å²) in [5, 5.41) is 11.8. The van der Waals surface area contributed by atoms with E-state index in [9.17, 15) is 18.2 Å². The number of rotatable bonds is 5. The minimum absolute atomic E-state index is 0.149. The van der Waals surface area contributed by atoms with Crippen molar-refractivity contribution in [3.8, 4) is 0 Å². The van der Waals surface area contributed by atoms with Gasteiger partial charge >= 0.3 is 7.12 Å². The quantitative estimate of drug-likeness (QED) is 0.512. The number of aromatic nitrogens is 1. The number of nitrogens with one attached hydrogen (secondary N) is 2. The number of carbonyl (C=O) groups is 1. The summed E-state index contributed by atoms with van der Waals surface area (Å²) >= 11 is 0. The molecule has 1 amide bonds. The fraction of sp³-hybridized carbons (Fsp3) is 0.200. The van der Waals surface area contributed by atoms with E-state index in [0.29, 0.717) is 12.0 Å². The first-order valence-electron chi connectivity index (χ1n) is 7.81. The number of nitrogen functional groups attached to an aromatic ring is 1. The maximum Gasteiger partial charge on any atom is 0.491 e. The van der Waals surface area contributed by atoms with Gasteiger partial charge in [0.05, 0.1) is 24.1 Å². The molecule has 1 aliphatic rings. The van der Waals surface area contributed by atoms with Gasteiger partial charge in [-0.3, -0.25) is 9.52 Å². The van der Waals surface area contributed by atoms with Crippen LogP contribution in [0.2, 0.25) is 0 Å². The number of benzene rings is 1. The second-order valence-corrected chi connectivity index (χ2v) is 7.26. The van der Waals surface area contributed by atoms with Crippen LogP contribution in [-0.4, -0.2) is 38.0 Å². The Morgan fingerprint density at radius 1 is 1.42 bits per heavy atom. The lowest BCUT2D eigenvalue weighted by Crippen LogP contribution is -2.29. The van der Waals surface area contributed by atoms with E-state index in [4.69, 9.17) is 10.4 Å². The Bertz CT molecular complexity index is 967. The van der Waals surface area contributed by atoms with Gasteiger partial charge in [0.25, 0.3) is 15.9 Å². The number of amides is 1. The zero-order valence-electron chi connectivity index (χ0n) is 13.9. The van der Waals surface area contributed by atoms with Crippen LogP contribution in [-0.2, 0) is 21.3 Å². The minimum atomic E-state index is -4.16. The van der Waals surface area contributed by atoms with Gasteiger partial charge < -0.3 is 20.7 Å². The zero-order valence-corrected chi connectivity index (χ0v) is 14.7. The van der Waals surface area contributed by atoms with Crippen LogP contribution in [0.4, 0.5) is 11.4 Å². The molecule has 1 aliphatic heterocycles. The molecule has 5 N–H and O–H groups in total. The molecule has 0 aliphatic carbocycles. The molecule has 3 rings (SSSR count). The number of hydrogen-bond acceptors (Lipinski definition) is 7. The Hall–Kier alpha value is -2.63. The van der Waals surface area contributed by atoms with Crippen LogP contribution in [0.5, 0.6) is 0 Å². The molecule has 0 radical (unpaired) electrons. The van der Waals surface area contributed by atoms with Crippen LogP contribution in [0.3, 0.4) is 0 Å². The Balaban J connectivity index is 1.97. The summed E-state index contributed by atoms with van der Waals surface area (Å²) in [7, 11) is -5.26. The first-order chi connectivity index (χ1) is 12.3. The van der Waals surface area contributed by atoms with Crippen molar-refractivity contribution in [3.63, 3.8) is 0 Å². The molecular weight excluding hydrogens is 359 g/mol. The zero-order chi connectivity index (χ0) is 18.9. The molecule has 1 aromatic carbocycles. The molecule has 26 heavy (non-hydrogen) atoms. The fourth-order valence-electron chi connectivity index (χ4n) is 2.58. The van der Waals surface area contributed by atoms with Gasteiger partial charge in [0.2, 0.25) is 0 Å². The predicted molar refractivity (Wildman–Crippen MR) is 96.3 cm³/mol. The molecule has 0 bridgehead atoms. The number of fused-ring (bicyclic) bond motifs is 1. The maximum atomic E-state index is 12.7. The van der Waals surface area contributed by atoms with Crippen LogP contribution in [0.1, 0.15) is 22.8 Å². The molecule has 9 nitrogen and oxygen atoms in total. The van der Waals surface area contributed by atoms with Crippen molar-refractivity contribution in [2.75, 3.05) is 17.0 Å². The van der Waals surface area contributed by atoms with Crippen LogP contribution in [0, 0.1) is 0 Å². The van der Waals surface area contributed by atoms with Crippen molar-refractivity contribution in [2.24, 2.45) is 0 Å². The topological polar surface area (TPSA) is 144 Å². The Kier molecular flexibility index (Phi) is 4.85. The van der Waals surface area contributed by atoms with Gasteiger partial charge in [0.1, 0.15) is 0 Å². The second kappa shape index (κ2) is 6.94. The standard InChI is InChI=1S/C15H17BN4O5S/c1-2-18-14(21)12-5-10(17)7-19-15(12)26(23,24)20-11-4-3-9-8-25-16(22)13(9)6-11/h3-7,20,22H,2,8,17H2,1H3,(H,18,21). The smallest absolute Gasteiger partial charge is 0.423 e. The number of sulfonamides is 1. The maximum absolute atomic E-state index is 12.7. The van der Waals surface area contributed by atoms with E-state index >= 15 is 0 Å². The van der Waals surface area contributed by atoms with Crippen LogP contribution >= 0.6 is 0 Å². The average molecular weight is 376 g/mol. The van der Waals surface area contributed by atoms with Gasteiger partial charge in [-0.2, -0.15) is 8.42 Å².